The third kappa shape index (κ3) is 4.01. The van der Waals surface area contributed by atoms with E-state index in [0.29, 0.717) is 0 Å². The van der Waals surface area contributed by atoms with Gasteiger partial charge in [0.05, 0.1) is 32.4 Å². The van der Waals surface area contributed by atoms with E-state index in [0.717, 1.165) is 13.8 Å². The summed E-state index contributed by atoms with van der Waals surface area (Å²) in [4.78, 5) is 0. The van der Waals surface area contributed by atoms with Crippen LogP contribution in [0.15, 0.2) is 0 Å². The van der Waals surface area contributed by atoms with Crippen LogP contribution in [0.5, 0.6) is 0 Å². The molecular formula is C22H10F12S2. The summed E-state index contributed by atoms with van der Waals surface area (Å²) in [5.74, 6) is -31.2. The van der Waals surface area contributed by atoms with Gasteiger partial charge in [0.1, 0.15) is 5.82 Å². The van der Waals surface area contributed by atoms with Crippen molar-refractivity contribution in [3.05, 3.63) is 80.9 Å². The van der Waals surface area contributed by atoms with E-state index < -0.39 is 114 Å². The van der Waals surface area contributed by atoms with Gasteiger partial charge in [0.25, 0.3) is 0 Å². The third-order valence-electron chi connectivity index (χ3n) is 5.19. The SMILES string of the molecule is CC(C)c1c(F)c(F)c(-c2c(F)c(F)c(F)c(-c3c(F)c(F)c(C(S)S)c(F)c3F)c2F)c(F)c1F. The van der Waals surface area contributed by atoms with Crippen molar-refractivity contribution in [1.29, 1.82) is 0 Å². The zero-order valence-electron chi connectivity index (χ0n) is 17.6. The third-order valence-corrected chi connectivity index (χ3v) is 5.71. The highest BCUT2D eigenvalue weighted by Crippen LogP contribution is 2.45. The van der Waals surface area contributed by atoms with Gasteiger partial charge in [-0.25, -0.2) is 52.7 Å². The topological polar surface area (TPSA) is 0 Å². The molecular weight excluding hydrogens is 556 g/mol. The van der Waals surface area contributed by atoms with Crippen LogP contribution in [0.1, 0.15) is 35.5 Å². The van der Waals surface area contributed by atoms with E-state index in [1.807, 2.05) is 0 Å². The monoisotopic (exact) mass is 566 g/mol. The first-order valence-electron chi connectivity index (χ1n) is 9.52. The molecule has 14 heteroatoms. The Morgan fingerprint density at radius 2 is 0.611 bits per heavy atom. The highest BCUT2D eigenvalue weighted by atomic mass is 32.2. The maximum atomic E-state index is 15.3. The number of benzene rings is 3. The number of hydrogen-bond acceptors (Lipinski definition) is 2. The van der Waals surface area contributed by atoms with Gasteiger partial charge in [-0.1, -0.05) is 13.8 Å². The Morgan fingerprint density at radius 3 is 0.889 bits per heavy atom. The van der Waals surface area contributed by atoms with Gasteiger partial charge in [-0.2, -0.15) is 25.3 Å². The van der Waals surface area contributed by atoms with E-state index in [1.165, 1.54) is 0 Å². The molecule has 36 heavy (non-hydrogen) atoms. The number of halogens is 12. The molecule has 3 aromatic rings. The van der Waals surface area contributed by atoms with Crippen molar-refractivity contribution in [2.75, 3.05) is 0 Å². The van der Waals surface area contributed by atoms with Crippen LogP contribution in [0.2, 0.25) is 0 Å². The molecule has 0 N–H and O–H groups in total. The smallest absolute Gasteiger partial charge is 0.195 e. The summed E-state index contributed by atoms with van der Waals surface area (Å²) in [6.07, 6.45) is 0. The first-order chi connectivity index (χ1) is 16.6. The van der Waals surface area contributed by atoms with Crippen LogP contribution in [0.25, 0.3) is 22.3 Å². The average molecular weight is 566 g/mol. The molecule has 194 valence electrons. The maximum Gasteiger partial charge on any atom is 0.195 e. The highest BCUT2D eigenvalue weighted by molar-refractivity contribution is 7.98. The summed E-state index contributed by atoms with van der Waals surface area (Å²) < 4.78 is 173. The molecule has 3 rings (SSSR count). The van der Waals surface area contributed by atoms with Crippen molar-refractivity contribution in [1.82, 2.24) is 0 Å². The lowest BCUT2D eigenvalue weighted by Gasteiger charge is -2.19. The molecule has 0 atom stereocenters. The summed E-state index contributed by atoms with van der Waals surface area (Å²) in [6, 6.07) is 0. The second kappa shape index (κ2) is 9.77. The molecule has 0 fully saturated rings. The van der Waals surface area contributed by atoms with Gasteiger partial charge in [0.2, 0.25) is 0 Å². The van der Waals surface area contributed by atoms with E-state index in [9.17, 15) is 48.3 Å². The van der Waals surface area contributed by atoms with Gasteiger partial charge in [-0.3, -0.25) is 0 Å². The Bertz CT molecular complexity index is 1260. The van der Waals surface area contributed by atoms with Crippen LogP contribution in [0.4, 0.5) is 52.7 Å². The van der Waals surface area contributed by atoms with Gasteiger partial charge < -0.3 is 0 Å². The van der Waals surface area contributed by atoms with E-state index >= 15 is 4.39 Å². The fourth-order valence-electron chi connectivity index (χ4n) is 3.54. The molecule has 0 aromatic heterocycles. The second-order valence-corrected chi connectivity index (χ2v) is 9.06. The molecule has 0 aliphatic rings. The Kier molecular flexibility index (Phi) is 7.62. The highest BCUT2D eigenvalue weighted by Gasteiger charge is 2.38. The largest absolute Gasteiger partial charge is 0.205 e. The van der Waals surface area contributed by atoms with Gasteiger partial charge >= 0.3 is 0 Å². The Hall–Kier alpha value is -2.48. The first kappa shape index (κ1) is 28.1. The molecule has 0 amide bonds. The normalized spacial score (nSPS) is 11.8. The van der Waals surface area contributed by atoms with E-state index in [1.54, 1.807) is 0 Å². The lowest BCUT2D eigenvalue weighted by Crippen LogP contribution is -2.13. The molecule has 0 saturated heterocycles. The summed E-state index contributed by atoms with van der Waals surface area (Å²) in [7, 11) is 0. The number of rotatable bonds is 4. The van der Waals surface area contributed by atoms with E-state index in [2.05, 4.69) is 25.3 Å². The zero-order valence-corrected chi connectivity index (χ0v) is 19.4. The molecule has 0 radical (unpaired) electrons. The summed E-state index contributed by atoms with van der Waals surface area (Å²) in [6.45, 7) is 2.19. The fraction of sp³-hybridized carbons (Fsp3) is 0.182. The molecule has 0 spiro atoms. The zero-order chi connectivity index (χ0) is 27.5. The van der Waals surface area contributed by atoms with Crippen LogP contribution in [0.3, 0.4) is 0 Å². The molecule has 0 nitrogen and oxygen atoms in total. The molecule has 0 bridgehead atoms. The van der Waals surface area contributed by atoms with E-state index in [-0.39, 0.29) is 0 Å². The van der Waals surface area contributed by atoms with Crippen LogP contribution >= 0.6 is 25.3 Å². The molecule has 0 heterocycles. The fourth-order valence-corrected chi connectivity index (χ4v) is 4.00. The van der Waals surface area contributed by atoms with Crippen molar-refractivity contribution in [3.8, 4) is 22.3 Å². The van der Waals surface area contributed by atoms with Crippen LogP contribution < -0.4 is 0 Å². The van der Waals surface area contributed by atoms with Crippen LogP contribution in [0, 0.1) is 69.8 Å². The summed E-state index contributed by atoms with van der Waals surface area (Å²) in [5.41, 5.74) is -11.9. The van der Waals surface area contributed by atoms with E-state index in [4.69, 9.17) is 0 Å². The maximum absolute atomic E-state index is 15.3. The van der Waals surface area contributed by atoms with Crippen molar-refractivity contribution >= 4 is 25.3 Å². The van der Waals surface area contributed by atoms with Gasteiger partial charge in [0.15, 0.2) is 64.0 Å². The molecule has 0 aliphatic heterocycles. The molecule has 0 saturated carbocycles. The minimum atomic E-state index is -2.83. The second-order valence-electron chi connectivity index (χ2n) is 7.62. The Balaban J connectivity index is 2.56. The van der Waals surface area contributed by atoms with Gasteiger partial charge in [0, 0.05) is 5.56 Å². The quantitative estimate of drug-likeness (QED) is 0.102. The predicted molar refractivity (Wildman–Crippen MR) is 112 cm³/mol. The standard InChI is InChI=1S/C22H10F12S2/c1-3(2)4-11(24)13(26)7(14(27)12(4)25)5-10(23)6(18(31)21(34)17(5)30)8-15(28)19(32)9(22(35)36)20(33)16(8)29/h3,22,35-36H,1-2H3. The molecule has 0 unspecified atom stereocenters. The Labute approximate surface area is 205 Å². The number of hydrogen-bond donors (Lipinski definition) is 2. The van der Waals surface area contributed by atoms with Gasteiger partial charge in [-0.05, 0) is 5.92 Å². The summed E-state index contributed by atoms with van der Waals surface area (Å²) >= 11 is 6.96. The summed E-state index contributed by atoms with van der Waals surface area (Å²) in [5, 5.41) is 0. The van der Waals surface area contributed by atoms with Crippen LogP contribution in [-0.2, 0) is 0 Å². The molecule has 3 aromatic carbocycles. The predicted octanol–water partition coefficient (Wildman–Crippen LogP) is 8.67. The Morgan fingerprint density at radius 1 is 0.361 bits per heavy atom. The lowest BCUT2D eigenvalue weighted by molar-refractivity contribution is 0.422. The van der Waals surface area contributed by atoms with Crippen LogP contribution in [-0.4, -0.2) is 0 Å². The first-order valence-corrected chi connectivity index (χ1v) is 10.5. The lowest BCUT2D eigenvalue weighted by atomic mass is 9.91. The van der Waals surface area contributed by atoms with Crippen molar-refractivity contribution < 1.29 is 52.7 Å². The number of thiol groups is 2. The molecule has 0 aliphatic carbocycles. The minimum Gasteiger partial charge on any atom is -0.205 e. The average Bonchev–Trinajstić information content (AvgIpc) is 2.79. The van der Waals surface area contributed by atoms with Crippen molar-refractivity contribution in [2.45, 2.75) is 24.3 Å². The minimum absolute atomic E-state index is 1.09. The van der Waals surface area contributed by atoms with Gasteiger partial charge in [-0.15, -0.1) is 0 Å². The van der Waals surface area contributed by atoms with Crippen molar-refractivity contribution in [3.63, 3.8) is 0 Å². The van der Waals surface area contributed by atoms with Crippen molar-refractivity contribution in [2.24, 2.45) is 0 Å².